The van der Waals surface area contributed by atoms with Crippen LogP contribution in [-0.4, -0.2) is 59.8 Å². The highest BCUT2D eigenvalue weighted by atomic mass is 16.5. The summed E-state index contributed by atoms with van der Waals surface area (Å²) >= 11 is 0. The van der Waals surface area contributed by atoms with Crippen LogP contribution in [-0.2, 0) is 9.53 Å². The van der Waals surface area contributed by atoms with Gasteiger partial charge in [-0.1, -0.05) is 0 Å². The number of anilines is 1. The molecule has 4 rings (SSSR count). The van der Waals surface area contributed by atoms with Crippen molar-refractivity contribution in [3.8, 4) is 0 Å². The monoisotopic (exact) mass is 358 g/mol. The van der Waals surface area contributed by atoms with E-state index < -0.39 is 0 Å². The summed E-state index contributed by atoms with van der Waals surface area (Å²) in [6.45, 7) is 1.39. The molecule has 1 aliphatic carbocycles. The number of carbonyl (C=O) groups excluding carboxylic acids is 2. The molecule has 3 fully saturated rings. The van der Waals surface area contributed by atoms with Crippen LogP contribution in [0.5, 0.6) is 0 Å². The fraction of sp³-hybridized carbons (Fsp3) is 0.600. The van der Waals surface area contributed by atoms with Crippen LogP contribution in [0.2, 0.25) is 0 Å². The smallest absolute Gasteiger partial charge is 0.254 e. The minimum absolute atomic E-state index is 0.0256. The number of nitrogens with zero attached hydrogens (tertiary/aromatic N) is 2. The third-order valence-electron chi connectivity index (χ3n) is 6.32. The van der Waals surface area contributed by atoms with Crippen molar-refractivity contribution in [1.29, 1.82) is 0 Å². The first-order chi connectivity index (χ1) is 12.5. The molecular formula is C20H26N2O4. The second-order valence-electron chi connectivity index (χ2n) is 7.66. The molecule has 26 heavy (non-hydrogen) atoms. The Morgan fingerprint density at radius 2 is 2.00 bits per heavy atom. The number of likely N-dealkylation sites (tertiary alicyclic amines) is 1. The lowest BCUT2D eigenvalue weighted by Crippen LogP contribution is -2.52. The van der Waals surface area contributed by atoms with E-state index in [1.54, 1.807) is 24.1 Å². The maximum absolute atomic E-state index is 13.1. The van der Waals surface area contributed by atoms with Gasteiger partial charge in [0.05, 0.1) is 17.7 Å². The number of rotatable bonds is 3. The fourth-order valence-corrected chi connectivity index (χ4v) is 4.79. The first-order valence-corrected chi connectivity index (χ1v) is 9.49. The van der Waals surface area contributed by atoms with Crippen molar-refractivity contribution in [2.45, 2.75) is 56.3 Å². The summed E-state index contributed by atoms with van der Waals surface area (Å²) in [6.07, 6.45) is 4.00. The molecule has 0 aromatic heterocycles. The quantitative estimate of drug-likeness (QED) is 0.897. The van der Waals surface area contributed by atoms with E-state index >= 15 is 0 Å². The van der Waals surface area contributed by atoms with Gasteiger partial charge in [0.1, 0.15) is 0 Å². The minimum Gasteiger partial charge on any atom is -0.393 e. The predicted octanol–water partition coefficient (Wildman–Crippen LogP) is 1.96. The molecule has 6 nitrogen and oxygen atoms in total. The number of amides is 2. The van der Waals surface area contributed by atoms with Gasteiger partial charge in [0.15, 0.2) is 0 Å². The van der Waals surface area contributed by atoms with Gasteiger partial charge in [-0.25, -0.2) is 0 Å². The highest BCUT2D eigenvalue weighted by Gasteiger charge is 2.52. The van der Waals surface area contributed by atoms with Gasteiger partial charge in [-0.2, -0.15) is 0 Å². The van der Waals surface area contributed by atoms with E-state index in [-0.39, 0.29) is 29.6 Å². The summed E-state index contributed by atoms with van der Waals surface area (Å²) in [6, 6.07) is 7.23. The molecule has 6 heteroatoms. The molecule has 2 heterocycles. The zero-order valence-corrected chi connectivity index (χ0v) is 15.2. The molecule has 0 radical (unpaired) electrons. The maximum Gasteiger partial charge on any atom is 0.254 e. The molecule has 0 bridgehead atoms. The molecule has 1 aromatic rings. The van der Waals surface area contributed by atoms with Crippen LogP contribution in [0.1, 0.15) is 48.9 Å². The number of methoxy groups -OCH3 is 1. The van der Waals surface area contributed by atoms with Crippen molar-refractivity contribution in [2.24, 2.45) is 0 Å². The lowest BCUT2D eigenvalue weighted by molar-refractivity contribution is -0.117. The summed E-state index contributed by atoms with van der Waals surface area (Å²) in [7, 11) is 1.71. The van der Waals surface area contributed by atoms with Gasteiger partial charge in [-0.05, 0) is 56.4 Å². The maximum atomic E-state index is 13.1. The first kappa shape index (κ1) is 17.5. The Labute approximate surface area is 153 Å². The zero-order chi connectivity index (χ0) is 18.3. The van der Waals surface area contributed by atoms with Crippen molar-refractivity contribution in [3.05, 3.63) is 29.8 Å². The molecule has 140 valence electrons. The zero-order valence-electron chi connectivity index (χ0n) is 15.2. The van der Waals surface area contributed by atoms with Gasteiger partial charge in [-0.3, -0.25) is 9.59 Å². The van der Waals surface area contributed by atoms with Crippen LogP contribution in [0.3, 0.4) is 0 Å². The van der Waals surface area contributed by atoms with Gasteiger partial charge in [0.2, 0.25) is 5.91 Å². The molecule has 1 aromatic carbocycles. The van der Waals surface area contributed by atoms with E-state index in [1.165, 1.54) is 0 Å². The summed E-state index contributed by atoms with van der Waals surface area (Å²) in [5.74, 6) is 0.118. The molecule has 2 aliphatic heterocycles. The number of ether oxygens (including phenoxy) is 1. The van der Waals surface area contributed by atoms with Crippen molar-refractivity contribution in [2.75, 3.05) is 25.1 Å². The largest absolute Gasteiger partial charge is 0.393 e. The molecule has 0 unspecified atom stereocenters. The Morgan fingerprint density at radius 1 is 1.23 bits per heavy atom. The molecule has 1 saturated carbocycles. The SMILES string of the molecule is CO[C@]12CC[C@H](O)C[C@H]1N(C(=O)c1ccc(N3CCCC3=O)cc1)CC2. The number of carbonyl (C=O) groups is 2. The van der Waals surface area contributed by atoms with E-state index in [4.69, 9.17) is 4.74 Å². The first-order valence-electron chi connectivity index (χ1n) is 9.49. The van der Waals surface area contributed by atoms with Crippen LogP contribution >= 0.6 is 0 Å². The van der Waals surface area contributed by atoms with Crippen LogP contribution in [0.4, 0.5) is 5.69 Å². The number of benzene rings is 1. The average molecular weight is 358 g/mol. The van der Waals surface area contributed by atoms with Crippen molar-refractivity contribution in [1.82, 2.24) is 4.90 Å². The Bertz CT molecular complexity index is 704. The third kappa shape index (κ3) is 2.81. The number of hydrogen-bond acceptors (Lipinski definition) is 4. The Hall–Kier alpha value is -1.92. The van der Waals surface area contributed by atoms with Gasteiger partial charge in [-0.15, -0.1) is 0 Å². The Kier molecular flexibility index (Phi) is 4.49. The normalized spacial score (nSPS) is 31.4. The van der Waals surface area contributed by atoms with Crippen LogP contribution in [0.15, 0.2) is 24.3 Å². The molecular weight excluding hydrogens is 332 g/mol. The third-order valence-corrected chi connectivity index (χ3v) is 6.32. The molecule has 3 aliphatic rings. The van der Waals surface area contributed by atoms with Crippen molar-refractivity contribution < 1.29 is 19.4 Å². The van der Waals surface area contributed by atoms with Gasteiger partial charge in [0.25, 0.3) is 5.91 Å². The summed E-state index contributed by atoms with van der Waals surface area (Å²) in [5.41, 5.74) is 1.15. The lowest BCUT2D eigenvalue weighted by Gasteiger charge is -2.42. The minimum atomic E-state index is -0.375. The number of aliphatic hydroxyl groups excluding tert-OH is 1. The summed E-state index contributed by atoms with van der Waals surface area (Å²) < 4.78 is 5.82. The standard InChI is InChI=1S/C20H26N2O4/c1-26-20-9-8-16(23)13-17(20)22(12-10-20)19(25)14-4-6-15(7-5-14)21-11-2-3-18(21)24/h4-7,16-17,23H,2-3,8-13H2,1H3/t16-,17+,20-/m0/s1. The summed E-state index contributed by atoms with van der Waals surface area (Å²) in [4.78, 5) is 28.6. The van der Waals surface area contributed by atoms with E-state index in [2.05, 4.69) is 0 Å². The van der Waals surface area contributed by atoms with Gasteiger partial charge in [0, 0.05) is 37.9 Å². The second-order valence-corrected chi connectivity index (χ2v) is 7.66. The molecule has 2 saturated heterocycles. The van der Waals surface area contributed by atoms with Crippen LogP contribution < -0.4 is 4.90 Å². The topological polar surface area (TPSA) is 70.1 Å². The van der Waals surface area contributed by atoms with E-state index in [1.807, 2.05) is 17.0 Å². The fourth-order valence-electron chi connectivity index (χ4n) is 4.79. The van der Waals surface area contributed by atoms with Crippen molar-refractivity contribution >= 4 is 17.5 Å². The molecule has 2 amide bonds. The number of aliphatic hydroxyl groups is 1. The molecule has 0 spiro atoms. The Balaban J connectivity index is 1.53. The van der Waals surface area contributed by atoms with Crippen molar-refractivity contribution in [3.63, 3.8) is 0 Å². The van der Waals surface area contributed by atoms with Gasteiger partial charge < -0.3 is 19.6 Å². The predicted molar refractivity (Wildman–Crippen MR) is 97.1 cm³/mol. The highest BCUT2D eigenvalue weighted by molar-refractivity contribution is 5.97. The van der Waals surface area contributed by atoms with E-state index in [0.717, 1.165) is 37.9 Å². The molecule has 1 N–H and O–H groups in total. The lowest BCUT2D eigenvalue weighted by atomic mass is 9.79. The second kappa shape index (κ2) is 6.67. The average Bonchev–Trinajstić information content (AvgIpc) is 3.25. The highest BCUT2D eigenvalue weighted by Crippen LogP contribution is 2.43. The van der Waals surface area contributed by atoms with E-state index in [9.17, 15) is 14.7 Å². The van der Waals surface area contributed by atoms with Crippen LogP contribution in [0, 0.1) is 0 Å². The van der Waals surface area contributed by atoms with E-state index in [0.29, 0.717) is 24.9 Å². The number of hydrogen-bond donors (Lipinski definition) is 1. The van der Waals surface area contributed by atoms with Gasteiger partial charge >= 0.3 is 0 Å². The van der Waals surface area contributed by atoms with Crippen LogP contribution in [0.25, 0.3) is 0 Å². The molecule has 3 atom stereocenters. The summed E-state index contributed by atoms with van der Waals surface area (Å²) in [5, 5.41) is 10.1. The Morgan fingerprint density at radius 3 is 2.65 bits per heavy atom. The number of fused-ring (bicyclic) bond motifs is 1.